The summed E-state index contributed by atoms with van der Waals surface area (Å²) in [6.07, 6.45) is 21.7. The first-order valence-electron chi connectivity index (χ1n) is 19.3. The number of aromatic amines is 1. The standard InChI is InChI=1S/C40H65N3O6/c1-2-3-5-9-28-13-14-31(37(46)24-28)10-6-4-7-12-35(39(47)48)36(45)17-19-40(49)27-30(22-29-18-20-42-38(41)25-29)23-32(40)26-34-16-15-33(43-34)11-8-21-44/h13-16,18,25,28,30-32,35-37,42-46,49H,2-12,17,19-24,26-27,41H2,1H3,(H,47,48)/t28-,30-,31-,32+,35+,36-,37-,40+/m1/s1. The highest BCUT2D eigenvalue weighted by molar-refractivity contribution is 5.70. The lowest BCUT2D eigenvalue weighted by Gasteiger charge is -2.32. The molecule has 0 unspecified atom stereocenters. The van der Waals surface area contributed by atoms with Gasteiger partial charge in [0.25, 0.3) is 0 Å². The van der Waals surface area contributed by atoms with Crippen molar-refractivity contribution in [3.63, 3.8) is 0 Å². The molecule has 0 bridgehead atoms. The molecule has 0 spiro atoms. The molecule has 0 saturated heterocycles. The molecule has 1 aromatic rings. The van der Waals surface area contributed by atoms with E-state index in [0.29, 0.717) is 56.8 Å². The topological polar surface area (TPSA) is 172 Å². The van der Waals surface area contributed by atoms with Gasteiger partial charge in [-0.2, -0.15) is 0 Å². The van der Waals surface area contributed by atoms with E-state index >= 15 is 0 Å². The van der Waals surface area contributed by atoms with Gasteiger partial charge in [-0.05, 0) is 119 Å². The number of hydrogen-bond acceptors (Lipinski definition) is 7. The van der Waals surface area contributed by atoms with Crippen molar-refractivity contribution in [1.82, 2.24) is 10.3 Å². The molecular formula is C40H65N3O6. The molecule has 1 saturated carbocycles. The minimum Gasteiger partial charge on any atom is -0.481 e. The van der Waals surface area contributed by atoms with E-state index < -0.39 is 23.6 Å². The lowest BCUT2D eigenvalue weighted by atomic mass is 9.80. The number of carboxylic acids is 1. The van der Waals surface area contributed by atoms with Crippen LogP contribution in [-0.2, 0) is 17.6 Å². The summed E-state index contributed by atoms with van der Waals surface area (Å²) in [6, 6.07) is 4.11. The Labute approximate surface area is 294 Å². The van der Waals surface area contributed by atoms with Gasteiger partial charge in [0.1, 0.15) is 0 Å². The second kappa shape index (κ2) is 19.7. The monoisotopic (exact) mass is 683 g/mol. The molecule has 4 rings (SSSR count). The predicted octanol–water partition coefficient (Wildman–Crippen LogP) is 5.89. The summed E-state index contributed by atoms with van der Waals surface area (Å²) >= 11 is 0. The SMILES string of the molecule is CCCCC[C@@H]1C=C[C@@H](CCCCC[C@H](C(=O)O)[C@H](O)CC[C@]2(O)C[C@H](CC3=CCNC(N)=C3)C[C@H]2Cc2ccc(CCCO)[nH]2)[C@H](O)C1. The van der Waals surface area contributed by atoms with Crippen molar-refractivity contribution in [3.8, 4) is 0 Å². The van der Waals surface area contributed by atoms with Crippen LogP contribution in [0.3, 0.4) is 0 Å². The highest BCUT2D eigenvalue weighted by Crippen LogP contribution is 2.47. The quantitative estimate of drug-likeness (QED) is 0.0553. The number of aliphatic hydroxyl groups excluding tert-OH is 3. The van der Waals surface area contributed by atoms with Crippen molar-refractivity contribution in [2.75, 3.05) is 13.2 Å². The molecule has 2 aliphatic carbocycles. The number of hydrogen-bond donors (Lipinski definition) is 8. The summed E-state index contributed by atoms with van der Waals surface area (Å²) in [5, 5.41) is 56.4. The highest BCUT2D eigenvalue weighted by atomic mass is 16.4. The minimum absolute atomic E-state index is 0.0308. The van der Waals surface area contributed by atoms with E-state index in [4.69, 9.17) is 5.73 Å². The van der Waals surface area contributed by atoms with Crippen LogP contribution in [0.4, 0.5) is 0 Å². The molecule has 9 heteroatoms. The van der Waals surface area contributed by atoms with Gasteiger partial charge < -0.3 is 41.6 Å². The van der Waals surface area contributed by atoms with Gasteiger partial charge in [0, 0.05) is 30.5 Å². The zero-order valence-corrected chi connectivity index (χ0v) is 29.9. The van der Waals surface area contributed by atoms with Crippen molar-refractivity contribution in [2.24, 2.45) is 35.3 Å². The predicted molar refractivity (Wildman–Crippen MR) is 194 cm³/mol. The second-order valence-corrected chi connectivity index (χ2v) is 15.4. The molecule has 1 aromatic heterocycles. The van der Waals surface area contributed by atoms with Crippen LogP contribution in [0.2, 0.25) is 0 Å². The van der Waals surface area contributed by atoms with Crippen molar-refractivity contribution in [2.45, 2.75) is 140 Å². The smallest absolute Gasteiger partial charge is 0.309 e. The zero-order valence-electron chi connectivity index (χ0n) is 29.9. The maximum atomic E-state index is 12.3. The van der Waals surface area contributed by atoms with Crippen LogP contribution in [0, 0.1) is 29.6 Å². The Balaban J connectivity index is 1.28. The summed E-state index contributed by atoms with van der Waals surface area (Å²) in [7, 11) is 0. The van der Waals surface area contributed by atoms with E-state index in [-0.39, 0.29) is 36.9 Å². The van der Waals surface area contributed by atoms with Crippen LogP contribution in [0.25, 0.3) is 0 Å². The van der Waals surface area contributed by atoms with Gasteiger partial charge in [-0.1, -0.05) is 63.7 Å². The first-order valence-corrected chi connectivity index (χ1v) is 19.3. The molecule has 0 amide bonds. The van der Waals surface area contributed by atoms with Crippen LogP contribution in [0.15, 0.2) is 47.8 Å². The van der Waals surface area contributed by atoms with Crippen LogP contribution >= 0.6 is 0 Å². The third-order valence-corrected chi connectivity index (χ3v) is 11.5. The number of rotatable bonds is 22. The van der Waals surface area contributed by atoms with Crippen molar-refractivity contribution >= 4 is 5.97 Å². The largest absolute Gasteiger partial charge is 0.481 e. The third kappa shape index (κ3) is 12.3. The molecule has 9 nitrogen and oxygen atoms in total. The number of nitrogens with one attached hydrogen (secondary N) is 2. The summed E-state index contributed by atoms with van der Waals surface area (Å²) in [5.74, 6) is -0.323. The van der Waals surface area contributed by atoms with Gasteiger partial charge in [0.05, 0.1) is 29.5 Å². The second-order valence-electron chi connectivity index (χ2n) is 15.4. The zero-order chi connectivity index (χ0) is 35.2. The molecule has 2 heterocycles. The molecule has 9 N–H and O–H groups in total. The molecule has 1 fully saturated rings. The van der Waals surface area contributed by atoms with Gasteiger partial charge in [-0.3, -0.25) is 4.79 Å². The normalized spacial score (nSPS) is 28.1. The number of carboxylic acid groups (broad SMARTS) is 1. The molecule has 1 aliphatic heterocycles. The van der Waals surface area contributed by atoms with Crippen LogP contribution in [-0.4, -0.2) is 67.4 Å². The van der Waals surface area contributed by atoms with Gasteiger partial charge in [-0.15, -0.1) is 0 Å². The van der Waals surface area contributed by atoms with Gasteiger partial charge in [0.2, 0.25) is 0 Å². The summed E-state index contributed by atoms with van der Waals surface area (Å²) in [4.78, 5) is 15.7. The number of dihydropyridines is 1. The number of allylic oxidation sites excluding steroid dienone is 3. The number of aromatic nitrogens is 1. The van der Waals surface area contributed by atoms with Gasteiger partial charge in [0.15, 0.2) is 0 Å². The van der Waals surface area contributed by atoms with Crippen LogP contribution < -0.4 is 11.1 Å². The van der Waals surface area contributed by atoms with E-state index in [2.05, 4.69) is 41.5 Å². The maximum Gasteiger partial charge on any atom is 0.309 e. The minimum atomic E-state index is -1.03. The highest BCUT2D eigenvalue weighted by Gasteiger charge is 2.46. The van der Waals surface area contributed by atoms with Crippen LogP contribution in [0.5, 0.6) is 0 Å². The first kappa shape index (κ1) is 39.2. The molecule has 49 heavy (non-hydrogen) atoms. The van der Waals surface area contributed by atoms with Gasteiger partial charge >= 0.3 is 5.97 Å². The Morgan fingerprint density at radius 3 is 2.55 bits per heavy atom. The fraction of sp³-hybridized carbons (Fsp3) is 0.725. The average molecular weight is 684 g/mol. The van der Waals surface area contributed by atoms with E-state index in [0.717, 1.165) is 62.8 Å². The summed E-state index contributed by atoms with van der Waals surface area (Å²) < 4.78 is 0. The Morgan fingerprint density at radius 2 is 1.82 bits per heavy atom. The molecule has 3 aliphatic rings. The Bertz CT molecular complexity index is 1240. The Kier molecular flexibility index (Phi) is 15.8. The molecule has 8 atom stereocenters. The number of aliphatic carboxylic acids is 1. The van der Waals surface area contributed by atoms with Crippen molar-refractivity contribution in [3.05, 3.63) is 59.2 Å². The maximum absolute atomic E-state index is 12.3. The lowest BCUT2D eigenvalue weighted by Crippen LogP contribution is -2.37. The van der Waals surface area contributed by atoms with Crippen molar-refractivity contribution in [1.29, 1.82) is 0 Å². The van der Waals surface area contributed by atoms with Gasteiger partial charge in [-0.25, -0.2) is 0 Å². The van der Waals surface area contributed by atoms with Crippen molar-refractivity contribution < 1.29 is 30.3 Å². The molecule has 0 aromatic carbocycles. The summed E-state index contributed by atoms with van der Waals surface area (Å²) in [6.45, 7) is 3.05. The number of H-pyrrole nitrogens is 1. The Morgan fingerprint density at radius 1 is 1.02 bits per heavy atom. The third-order valence-electron chi connectivity index (χ3n) is 11.5. The fourth-order valence-corrected chi connectivity index (χ4v) is 8.63. The number of aryl methyl sites for hydroxylation is 1. The lowest BCUT2D eigenvalue weighted by molar-refractivity contribution is -0.146. The van der Waals surface area contributed by atoms with E-state index in [9.17, 15) is 30.3 Å². The van der Waals surface area contributed by atoms with Crippen LogP contribution in [0.1, 0.15) is 121 Å². The molecular weight excluding hydrogens is 618 g/mol. The number of unbranched alkanes of at least 4 members (excludes halogenated alkanes) is 4. The van der Waals surface area contributed by atoms with E-state index in [1.807, 2.05) is 12.1 Å². The Hall–Kier alpha value is -2.59. The van der Waals surface area contributed by atoms with E-state index in [1.165, 1.54) is 24.8 Å². The fourth-order valence-electron chi connectivity index (χ4n) is 8.63. The first-order chi connectivity index (χ1) is 23.6. The molecule has 276 valence electrons. The average Bonchev–Trinajstić information content (AvgIpc) is 3.64. The number of aliphatic hydroxyl groups is 4. The summed E-state index contributed by atoms with van der Waals surface area (Å²) in [5.41, 5.74) is 8.29. The number of nitrogens with two attached hydrogens (primary N) is 1. The van der Waals surface area contributed by atoms with E-state index in [1.54, 1.807) is 0 Å². The molecule has 0 radical (unpaired) electrons. The number of carbonyl (C=O) groups is 1.